The first-order valence-electron chi connectivity index (χ1n) is 5.80. The molecule has 3 N–H and O–H groups in total. The molecular weight excluding hydrogens is 206 g/mol. The zero-order chi connectivity index (χ0) is 12.4. The first-order chi connectivity index (χ1) is 7.56. The Morgan fingerprint density at radius 2 is 1.69 bits per heavy atom. The van der Waals surface area contributed by atoms with Crippen molar-refractivity contribution in [1.82, 2.24) is 16.0 Å². The topological polar surface area (TPSA) is 70.2 Å². The Bertz CT molecular complexity index is 217. The minimum atomic E-state index is -0.146. The van der Waals surface area contributed by atoms with Crippen molar-refractivity contribution in [3.63, 3.8) is 0 Å². The van der Waals surface area contributed by atoms with Crippen molar-refractivity contribution in [2.75, 3.05) is 26.2 Å². The molecule has 0 aliphatic carbocycles. The van der Waals surface area contributed by atoms with Gasteiger partial charge in [-0.25, -0.2) is 0 Å². The quantitative estimate of drug-likeness (QED) is 0.543. The lowest BCUT2D eigenvalue weighted by molar-refractivity contribution is -0.125. The van der Waals surface area contributed by atoms with Crippen molar-refractivity contribution in [2.24, 2.45) is 5.92 Å². The summed E-state index contributed by atoms with van der Waals surface area (Å²) in [6.07, 6.45) is 0.898. The summed E-state index contributed by atoms with van der Waals surface area (Å²) >= 11 is 0. The Morgan fingerprint density at radius 1 is 1.06 bits per heavy atom. The van der Waals surface area contributed by atoms with Gasteiger partial charge in [0.05, 0.1) is 13.1 Å². The average molecular weight is 229 g/mol. The molecule has 16 heavy (non-hydrogen) atoms. The molecule has 0 aromatic heterocycles. The highest BCUT2D eigenvalue weighted by atomic mass is 16.2. The van der Waals surface area contributed by atoms with Crippen molar-refractivity contribution < 1.29 is 9.59 Å². The molecule has 0 bridgehead atoms. The number of hydrogen-bond donors (Lipinski definition) is 3. The summed E-state index contributed by atoms with van der Waals surface area (Å²) in [7, 11) is 0. The van der Waals surface area contributed by atoms with Crippen LogP contribution >= 0.6 is 0 Å². The van der Waals surface area contributed by atoms with E-state index < -0.39 is 0 Å². The second-order valence-corrected chi connectivity index (χ2v) is 4.15. The molecule has 0 radical (unpaired) electrons. The maximum Gasteiger partial charge on any atom is 0.239 e. The van der Waals surface area contributed by atoms with Gasteiger partial charge in [-0.1, -0.05) is 20.8 Å². The van der Waals surface area contributed by atoms with Crippen LogP contribution in [0.3, 0.4) is 0 Å². The molecule has 94 valence electrons. The Balaban J connectivity index is 3.46. The molecule has 0 spiro atoms. The molecule has 5 heteroatoms. The van der Waals surface area contributed by atoms with Gasteiger partial charge in [-0.3, -0.25) is 9.59 Å². The minimum Gasteiger partial charge on any atom is -0.355 e. The van der Waals surface area contributed by atoms with Crippen LogP contribution in [0, 0.1) is 5.92 Å². The van der Waals surface area contributed by atoms with Crippen LogP contribution in [-0.4, -0.2) is 38.0 Å². The van der Waals surface area contributed by atoms with E-state index in [1.54, 1.807) is 0 Å². The Morgan fingerprint density at radius 3 is 2.25 bits per heavy atom. The summed E-state index contributed by atoms with van der Waals surface area (Å²) in [5.41, 5.74) is 0. The second-order valence-electron chi connectivity index (χ2n) is 4.15. The van der Waals surface area contributed by atoms with E-state index in [2.05, 4.69) is 29.8 Å². The van der Waals surface area contributed by atoms with Gasteiger partial charge in [0.2, 0.25) is 11.8 Å². The van der Waals surface area contributed by atoms with Crippen LogP contribution in [0.5, 0.6) is 0 Å². The average Bonchev–Trinajstić information content (AvgIpc) is 2.23. The highest BCUT2D eigenvalue weighted by molar-refractivity contribution is 5.85. The number of carbonyl (C=O) groups excluding carboxylic acids is 2. The molecule has 0 atom stereocenters. The number of nitrogens with one attached hydrogen (secondary N) is 3. The molecule has 0 saturated carbocycles. The van der Waals surface area contributed by atoms with Crippen molar-refractivity contribution in [1.29, 1.82) is 0 Å². The highest BCUT2D eigenvalue weighted by Crippen LogP contribution is 1.85. The van der Waals surface area contributed by atoms with Crippen LogP contribution < -0.4 is 16.0 Å². The molecule has 0 aromatic carbocycles. The van der Waals surface area contributed by atoms with E-state index in [-0.39, 0.29) is 24.9 Å². The highest BCUT2D eigenvalue weighted by Gasteiger charge is 2.04. The molecule has 5 nitrogen and oxygen atoms in total. The van der Waals surface area contributed by atoms with E-state index in [1.165, 1.54) is 0 Å². The van der Waals surface area contributed by atoms with Crippen molar-refractivity contribution in [3.8, 4) is 0 Å². The van der Waals surface area contributed by atoms with Crippen molar-refractivity contribution in [3.05, 3.63) is 0 Å². The summed E-state index contributed by atoms with van der Waals surface area (Å²) in [4.78, 5) is 22.4. The summed E-state index contributed by atoms with van der Waals surface area (Å²) in [6.45, 7) is 7.90. The van der Waals surface area contributed by atoms with E-state index >= 15 is 0 Å². The van der Waals surface area contributed by atoms with Gasteiger partial charge in [0.1, 0.15) is 0 Å². The Kier molecular flexibility index (Phi) is 8.52. The van der Waals surface area contributed by atoms with Crippen LogP contribution in [0.4, 0.5) is 0 Å². The predicted molar refractivity (Wildman–Crippen MR) is 64.0 cm³/mol. The monoisotopic (exact) mass is 229 g/mol. The largest absolute Gasteiger partial charge is 0.355 e. The van der Waals surface area contributed by atoms with Gasteiger partial charge < -0.3 is 16.0 Å². The van der Waals surface area contributed by atoms with Gasteiger partial charge >= 0.3 is 0 Å². The van der Waals surface area contributed by atoms with Gasteiger partial charge in [0.25, 0.3) is 0 Å². The van der Waals surface area contributed by atoms with Gasteiger partial charge in [-0.05, 0) is 18.9 Å². The lowest BCUT2D eigenvalue weighted by Crippen LogP contribution is -2.41. The molecule has 0 rings (SSSR count). The smallest absolute Gasteiger partial charge is 0.239 e. The SMILES string of the molecule is CCCNC(=O)CNC(=O)CNCC(C)C. The van der Waals surface area contributed by atoms with Gasteiger partial charge in [-0.15, -0.1) is 0 Å². The second kappa shape index (κ2) is 9.15. The fourth-order valence-electron chi connectivity index (χ4n) is 1.04. The number of amides is 2. The lowest BCUT2D eigenvalue weighted by atomic mass is 10.2. The van der Waals surface area contributed by atoms with Crippen LogP contribution in [0.15, 0.2) is 0 Å². The van der Waals surface area contributed by atoms with E-state index in [0.29, 0.717) is 12.5 Å². The molecular formula is C11H23N3O2. The van der Waals surface area contributed by atoms with Crippen molar-refractivity contribution >= 4 is 11.8 Å². The van der Waals surface area contributed by atoms with Crippen LogP contribution in [0.1, 0.15) is 27.2 Å². The van der Waals surface area contributed by atoms with Gasteiger partial charge in [0, 0.05) is 6.54 Å². The summed E-state index contributed by atoms with van der Waals surface area (Å²) < 4.78 is 0. The van der Waals surface area contributed by atoms with Gasteiger partial charge in [-0.2, -0.15) is 0 Å². The summed E-state index contributed by atoms with van der Waals surface area (Å²) in [6, 6.07) is 0. The molecule has 0 aliphatic heterocycles. The van der Waals surface area contributed by atoms with Crippen LogP contribution in [0.25, 0.3) is 0 Å². The van der Waals surface area contributed by atoms with Crippen LogP contribution in [0.2, 0.25) is 0 Å². The number of rotatable bonds is 8. The number of hydrogen-bond acceptors (Lipinski definition) is 3. The Labute approximate surface area is 97.4 Å². The fourth-order valence-corrected chi connectivity index (χ4v) is 1.04. The molecule has 0 aliphatic rings. The van der Waals surface area contributed by atoms with Gasteiger partial charge in [0.15, 0.2) is 0 Å². The molecule has 2 amide bonds. The van der Waals surface area contributed by atoms with Crippen molar-refractivity contribution in [2.45, 2.75) is 27.2 Å². The third-order valence-electron chi connectivity index (χ3n) is 1.86. The third-order valence-corrected chi connectivity index (χ3v) is 1.86. The van der Waals surface area contributed by atoms with Crippen LogP contribution in [-0.2, 0) is 9.59 Å². The maximum absolute atomic E-state index is 11.2. The minimum absolute atomic E-state index is 0.0577. The molecule has 0 saturated heterocycles. The van der Waals surface area contributed by atoms with E-state index in [0.717, 1.165) is 13.0 Å². The zero-order valence-corrected chi connectivity index (χ0v) is 10.4. The first-order valence-corrected chi connectivity index (χ1v) is 5.80. The van der Waals surface area contributed by atoms with E-state index in [4.69, 9.17) is 0 Å². The molecule has 0 fully saturated rings. The first kappa shape index (κ1) is 14.9. The fraction of sp³-hybridized carbons (Fsp3) is 0.818. The maximum atomic E-state index is 11.2. The lowest BCUT2D eigenvalue weighted by Gasteiger charge is -2.08. The Hall–Kier alpha value is -1.10. The molecule has 0 aromatic rings. The predicted octanol–water partition coefficient (Wildman–Crippen LogP) is -0.126. The number of carbonyl (C=O) groups is 2. The van der Waals surface area contributed by atoms with E-state index in [1.807, 2.05) is 6.92 Å². The summed E-state index contributed by atoms with van der Waals surface area (Å²) in [5, 5.41) is 8.25. The standard InChI is InChI=1S/C11H23N3O2/c1-4-5-13-11(16)8-14-10(15)7-12-6-9(2)3/h9,12H,4-8H2,1-3H3,(H,13,16)(H,14,15). The third kappa shape index (κ3) is 9.45. The normalized spacial score (nSPS) is 10.2. The van der Waals surface area contributed by atoms with E-state index in [9.17, 15) is 9.59 Å². The molecule has 0 unspecified atom stereocenters. The molecule has 0 heterocycles. The summed E-state index contributed by atoms with van der Waals surface area (Å²) in [5.74, 6) is 0.229. The zero-order valence-electron chi connectivity index (χ0n) is 10.4.